The molecular weight excluding hydrogens is 258 g/mol. The zero-order valence-electron chi connectivity index (χ0n) is 15.6. The third-order valence-corrected chi connectivity index (χ3v) is 5.16. The number of hydrogen-bond acceptors (Lipinski definition) is 3. The smallest absolute Gasteiger partial charge is 0.0198 e. The second-order valence-electron chi connectivity index (χ2n) is 7.19. The summed E-state index contributed by atoms with van der Waals surface area (Å²) in [5.74, 6) is 0.927. The van der Waals surface area contributed by atoms with Gasteiger partial charge in [-0.2, -0.15) is 0 Å². The van der Waals surface area contributed by atoms with E-state index in [9.17, 15) is 0 Å². The lowest BCUT2D eigenvalue weighted by Crippen LogP contribution is -2.59. The minimum absolute atomic E-state index is 0.683. The van der Waals surface area contributed by atoms with Gasteiger partial charge in [-0.25, -0.2) is 0 Å². The summed E-state index contributed by atoms with van der Waals surface area (Å²) in [5.41, 5.74) is 0. The first-order valence-corrected chi connectivity index (χ1v) is 9.15. The lowest BCUT2D eigenvalue weighted by Gasteiger charge is -2.47. The maximum absolute atomic E-state index is 2.75. The Hall–Kier alpha value is -0.120. The molecule has 2 aliphatic heterocycles. The Kier molecular flexibility index (Phi) is 8.22. The minimum atomic E-state index is 0.683. The van der Waals surface area contributed by atoms with Gasteiger partial charge in [0.05, 0.1) is 0 Å². The van der Waals surface area contributed by atoms with Gasteiger partial charge in [0.2, 0.25) is 0 Å². The number of piperidine rings is 1. The van der Waals surface area contributed by atoms with E-state index in [4.69, 9.17) is 0 Å². The molecule has 0 saturated carbocycles. The molecule has 0 bridgehead atoms. The Labute approximate surface area is 133 Å². The minimum Gasteiger partial charge on any atom is -0.306 e. The normalized spacial score (nSPS) is 30.3. The van der Waals surface area contributed by atoms with E-state index in [0.717, 1.165) is 12.0 Å². The van der Waals surface area contributed by atoms with Crippen LogP contribution in [0.2, 0.25) is 0 Å². The van der Waals surface area contributed by atoms with E-state index in [1.807, 2.05) is 13.8 Å². The molecule has 1 unspecified atom stereocenters. The molecule has 0 radical (unpaired) electrons. The lowest BCUT2D eigenvalue weighted by atomic mass is 9.95. The molecule has 0 aromatic heterocycles. The molecule has 0 aliphatic carbocycles. The maximum Gasteiger partial charge on any atom is 0.0198 e. The van der Waals surface area contributed by atoms with Crippen LogP contribution in [0.4, 0.5) is 0 Å². The topological polar surface area (TPSA) is 9.72 Å². The van der Waals surface area contributed by atoms with Crippen LogP contribution >= 0.6 is 0 Å². The summed E-state index contributed by atoms with van der Waals surface area (Å²) < 4.78 is 0. The summed E-state index contributed by atoms with van der Waals surface area (Å²) >= 11 is 0. The quantitative estimate of drug-likeness (QED) is 0.792. The molecule has 2 aliphatic rings. The van der Waals surface area contributed by atoms with Crippen molar-refractivity contribution in [2.75, 3.05) is 39.8 Å². The molecule has 2 heterocycles. The SMILES string of the molecule is CC.CC1CN(C(C)C)[C@H](C)CN1CC1CCN(C)CC1. The van der Waals surface area contributed by atoms with Gasteiger partial charge in [-0.15, -0.1) is 0 Å². The molecule has 2 saturated heterocycles. The van der Waals surface area contributed by atoms with Gasteiger partial charge in [-0.1, -0.05) is 13.8 Å². The average Bonchev–Trinajstić information content (AvgIpc) is 2.46. The molecular formula is C18H39N3. The number of piperazine rings is 1. The summed E-state index contributed by atoms with van der Waals surface area (Å²) in [7, 11) is 2.25. The lowest BCUT2D eigenvalue weighted by molar-refractivity contribution is 0.0103. The molecule has 0 amide bonds. The van der Waals surface area contributed by atoms with Gasteiger partial charge in [0.1, 0.15) is 0 Å². The molecule has 0 spiro atoms. The first-order chi connectivity index (χ1) is 9.97. The standard InChI is InChI=1S/C16H33N3.C2H6/c1-13(2)19-11-14(3)18(10-15(19)4)12-16-6-8-17(5)9-7-16;1-2/h13-16H,6-12H2,1-5H3;1-2H3/t14?,15-;/m1./s1. The van der Waals surface area contributed by atoms with E-state index in [-0.39, 0.29) is 0 Å². The molecule has 126 valence electrons. The third kappa shape index (κ3) is 5.54. The van der Waals surface area contributed by atoms with Crippen molar-refractivity contribution in [3.8, 4) is 0 Å². The zero-order valence-corrected chi connectivity index (χ0v) is 15.6. The molecule has 2 fully saturated rings. The van der Waals surface area contributed by atoms with Crippen molar-refractivity contribution in [3.63, 3.8) is 0 Å². The molecule has 21 heavy (non-hydrogen) atoms. The van der Waals surface area contributed by atoms with Crippen LogP contribution in [0.15, 0.2) is 0 Å². The Morgan fingerprint density at radius 3 is 2.05 bits per heavy atom. The van der Waals surface area contributed by atoms with Gasteiger partial charge in [0.25, 0.3) is 0 Å². The van der Waals surface area contributed by atoms with Crippen LogP contribution in [0.25, 0.3) is 0 Å². The fraction of sp³-hybridized carbons (Fsp3) is 1.00. The maximum atomic E-state index is 2.75. The predicted molar refractivity (Wildman–Crippen MR) is 93.9 cm³/mol. The first kappa shape index (κ1) is 18.9. The molecule has 0 aromatic carbocycles. The zero-order chi connectivity index (χ0) is 16.0. The van der Waals surface area contributed by atoms with Crippen LogP contribution in [0.5, 0.6) is 0 Å². The third-order valence-electron chi connectivity index (χ3n) is 5.16. The average molecular weight is 298 g/mol. The first-order valence-electron chi connectivity index (χ1n) is 9.15. The Morgan fingerprint density at radius 2 is 1.52 bits per heavy atom. The van der Waals surface area contributed by atoms with Crippen LogP contribution in [0.3, 0.4) is 0 Å². The summed E-state index contributed by atoms with van der Waals surface area (Å²) in [6.07, 6.45) is 2.78. The molecule has 2 rings (SSSR count). The fourth-order valence-corrected chi connectivity index (χ4v) is 3.78. The van der Waals surface area contributed by atoms with Crippen molar-refractivity contribution in [2.24, 2.45) is 5.92 Å². The molecule has 2 atom stereocenters. The molecule has 3 nitrogen and oxygen atoms in total. The largest absolute Gasteiger partial charge is 0.306 e. The summed E-state index contributed by atoms with van der Waals surface area (Å²) in [6.45, 7) is 19.9. The Bertz CT molecular complexity index is 272. The summed E-state index contributed by atoms with van der Waals surface area (Å²) in [6, 6.07) is 2.11. The second kappa shape index (κ2) is 9.12. The number of nitrogens with zero attached hydrogens (tertiary/aromatic N) is 3. The number of rotatable bonds is 3. The highest BCUT2D eigenvalue weighted by atomic mass is 15.3. The highest BCUT2D eigenvalue weighted by Gasteiger charge is 2.31. The number of hydrogen-bond donors (Lipinski definition) is 0. The van der Waals surface area contributed by atoms with Gasteiger partial charge in [-0.3, -0.25) is 9.80 Å². The number of likely N-dealkylation sites (tertiary alicyclic amines) is 1. The Balaban J connectivity index is 0.00000106. The highest BCUT2D eigenvalue weighted by molar-refractivity contribution is 4.87. The van der Waals surface area contributed by atoms with E-state index >= 15 is 0 Å². The predicted octanol–water partition coefficient (Wildman–Crippen LogP) is 3.16. The van der Waals surface area contributed by atoms with E-state index in [1.165, 1.54) is 45.6 Å². The van der Waals surface area contributed by atoms with Crippen molar-refractivity contribution in [2.45, 2.75) is 72.5 Å². The summed E-state index contributed by atoms with van der Waals surface area (Å²) in [4.78, 5) is 7.88. The van der Waals surface area contributed by atoms with Crippen molar-refractivity contribution >= 4 is 0 Å². The van der Waals surface area contributed by atoms with Gasteiger partial charge in [-0.05, 0) is 66.6 Å². The van der Waals surface area contributed by atoms with Crippen molar-refractivity contribution in [1.29, 1.82) is 0 Å². The monoisotopic (exact) mass is 297 g/mol. The fourth-order valence-electron chi connectivity index (χ4n) is 3.78. The van der Waals surface area contributed by atoms with Gasteiger partial charge in [0, 0.05) is 37.8 Å². The van der Waals surface area contributed by atoms with Crippen LogP contribution in [0.1, 0.15) is 54.4 Å². The van der Waals surface area contributed by atoms with Crippen LogP contribution in [-0.4, -0.2) is 72.6 Å². The summed E-state index contributed by atoms with van der Waals surface area (Å²) in [5, 5.41) is 0. The van der Waals surface area contributed by atoms with E-state index in [2.05, 4.69) is 49.4 Å². The van der Waals surface area contributed by atoms with Crippen LogP contribution in [0, 0.1) is 5.92 Å². The van der Waals surface area contributed by atoms with Crippen molar-refractivity contribution in [3.05, 3.63) is 0 Å². The molecule has 0 N–H and O–H groups in total. The van der Waals surface area contributed by atoms with Crippen LogP contribution in [-0.2, 0) is 0 Å². The second-order valence-corrected chi connectivity index (χ2v) is 7.19. The molecule has 0 aromatic rings. The van der Waals surface area contributed by atoms with Gasteiger partial charge >= 0.3 is 0 Å². The van der Waals surface area contributed by atoms with E-state index in [0.29, 0.717) is 12.1 Å². The Morgan fingerprint density at radius 1 is 0.952 bits per heavy atom. The van der Waals surface area contributed by atoms with E-state index in [1.54, 1.807) is 0 Å². The van der Waals surface area contributed by atoms with Crippen molar-refractivity contribution < 1.29 is 0 Å². The van der Waals surface area contributed by atoms with Crippen LogP contribution < -0.4 is 0 Å². The molecule has 3 heteroatoms. The highest BCUT2D eigenvalue weighted by Crippen LogP contribution is 2.23. The van der Waals surface area contributed by atoms with Crippen molar-refractivity contribution in [1.82, 2.24) is 14.7 Å². The van der Waals surface area contributed by atoms with Gasteiger partial charge in [0.15, 0.2) is 0 Å². The van der Waals surface area contributed by atoms with Gasteiger partial charge < -0.3 is 4.90 Å². The van der Waals surface area contributed by atoms with E-state index < -0.39 is 0 Å².